The second-order valence-corrected chi connectivity index (χ2v) is 11.8. The van der Waals surface area contributed by atoms with Crippen molar-refractivity contribution in [2.45, 2.75) is 38.3 Å². The number of thiol groups is 1. The Kier molecular flexibility index (Phi) is 8.29. The first-order chi connectivity index (χ1) is 17.8. The number of aromatic nitrogens is 2. The van der Waals surface area contributed by atoms with Crippen LogP contribution < -0.4 is 20.1 Å². The van der Waals surface area contributed by atoms with Gasteiger partial charge in [0.15, 0.2) is 6.10 Å². The Morgan fingerprint density at radius 3 is 2.26 bits per heavy atom. The summed E-state index contributed by atoms with van der Waals surface area (Å²) in [6, 6.07) is 2.21. The van der Waals surface area contributed by atoms with Crippen molar-refractivity contribution < 1.29 is 44.5 Å². The molecule has 0 spiro atoms. The van der Waals surface area contributed by atoms with Gasteiger partial charge in [-0.05, 0) is 53.8 Å². The molecule has 0 saturated carbocycles. The molecule has 1 aromatic heterocycles. The predicted molar refractivity (Wildman–Crippen MR) is 133 cm³/mol. The van der Waals surface area contributed by atoms with E-state index in [1.54, 1.807) is 31.6 Å². The number of fused-ring (bicyclic) bond motifs is 1. The van der Waals surface area contributed by atoms with Gasteiger partial charge in [-0.1, -0.05) is 0 Å². The number of hydrogen-bond donors (Lipinski definition) is 4. The SMILES string of the molecule is Cc1cc(N[SH](C)(C)=O)cc2ncnc(Nc3ccc(F)cc3O[C@H](C)C(=O)NC(C(F)(F)F)C(F)(F)F)c12. The van der Waals surface area contributed by atoms with Crippen LogP contribution in [0.3, 0.4) is 0 Å². The highest BCUT2D eigenvalue weighted by molar-refractivity contribution is 8.02. The zero-order valence-corrected chi connectivity index (χ0v) is 21.7. The van der Waals surface area contributed by atoms with Gasteiger partial charge in [0, 0.05) is 29.7 Å². The third-order valence-electron chi connectivity index (χ3n) is 5.14. The minimum atomic E-state index is -5.80. The van der Waals surface area contributed by atoms with Gasteiger partial charge in [-0.3, -0.25) is 9.00 Å². The highest BCUT2D eigenvalue weighted by Gasteiger charge is 2.57. The number of nitrogens with zero attached hydrogens (tertiary/aromatic N) is 2. The maximum atomic E-state index is 14.0. The molecule has 2 aromatic carbocycles. The summed E-state index contributed by atoms with van der Waals surface area (Å²) < 4.78 is 111. The molecular weight excluding hydrogens is 559 g/mol. The zero-order chi connectivity index (χ0) is 29.3. The molecule has 1 atom stereocenters. The van der Waals surface area contributed by atoms with E-state index >= 15 is 0 Å². The minimum absolute atomic E-state index is 0.00691. The number of benzene rings is 2. The van der Waals surface area contributed by atoms with Crippen LogP contribution in [-0.2, 0) is 14.9 Å². The summed E-state index contributed by atoms with van der Waals surface area (Å²) in [4.78, 5) is 20.5. The number of carbonyl (C=O) groups excluding carboxylic acids is 1. The molecule has 0 saturated heterocycles. The monoisotopic (exact) mass is 583 g/mol. The molecule has 3 N–H and O–H groups in total. The molecule has 8 nitrogen and oxygen atoms in total. The number of amides is 1. The Bertz CT molecular complexity index is 1410. The van der Waals surface area contributed by atoms with Gasteiger partial charge in [-0.2, -0.15) is 26.3 Å². The third-order valence-corrected chi connectivity index (χ3v) is 5.94. The van der Waals surface area contributed by atoms with Crippen LogP contribution in [0.2, 0.25) is 0 Å². The number of ether oxygens (including phenoxy) is 1. The first-order valence-corrected chi connectivity index (χ1v) is 13.7. The van der Waals surface area contributed by atoms with Crippen molar-refractivity contribution >= 4 is 44.1 Å². The van der Waals surface area contributed by atoms with E-state index in [4.69, 9.17) is 4.74 Å². The van der Waals surface area contributed by atoms with Gasteiger partial charge in [-0.15, -0.1) is 0 Å². The van der Waals surface area contributed by atoms with Crippen molar-refractivity contribution in [2.75, 3.05) is 22.6 Å². The average molecular weight is 584 g/mol. The molecule has 0 bridgehead atoms. The Balaban J connectivity index is 1.91. The molecule has 3 rings (SSSR count). The number of hydrogen-bond acceptors (Lipinski definition) is 6. The van der Waals surface area contributed by atoms with Crippen LogP contribution in [0.4, 0.5) is 47.9 Å². The third kappa shape index (κ3) is 7.68. The first kappa shape index (κ1) is 29.9. The van der Waals surface area contributed by atoms with E-state index in [-0.39, 0.29) is 17.3 Å². The van der Waals surface area contributed by atoms with E-state index in [1.807, 2.05) is 0 Å². The molecule has 0 radical (unpaired) electrons. The lowest BCUT2D eigenvalue weighted by molar-refractivity contribution is -0.258. The fourth-order valence-electron chi connectivity index (χ4n) is 3.54. The number of alkyl halides is 6. The van der Waals surface area contributed by atoms with Gasteiger partial charge in [-0.25, -0.2) is 14.4 Å². The quantitative estimate of drug-likeness (QED) is 0.224. The Morgan fingerprint density at radius 1 is 1.03 bits per heavy atom. The molecule has 0 fully saturated rings. The zero-order valence-electron chi connectivity index (χ0n) is 20.8. The smallest absolute Gasteiger partial charge is 0.417 e. The van der Waals surface area contributed by atoms with Crippen LogP contribution in [0, 0.1) is 12.7 Å². The Labute approximate surface area is 218 Å². The van der Waals surface area contributed by atoms with E-state index in [0.29, 0.717) is 22.2 Å². The molecular formula is C23H24F7N5O3S. The van der Waals surface area contributed by atoms with Crippen LogP contribution in [-0.4, -0.2) is 57.1 Å². The van der Waals surface area contributed by atoms with E-state index in [9.17, 15) is 39.7 Å². The highest BCUT2D eigenvalue weighted by atomic mass is 32.3. The first-order valence-electron chi connectivity index (χ1n) is 11.1. The normalized spacial score (nSPS) is 13.7. The van der Waals surface area contributed by atoms with Gasteiger partial charge in [0.2, 0.25) is 6.04 Å². The highest BCUT2D eigenvalue weighted by Crippen LogP contribution is 2.35. The van der Waals surface area contributed by atoms with Crippen molar-refractivity contribution in [2.24, 2.45) is 0 Å². The molecule has 0 aliphatic rings. The van der Waals surface area contributed by atoms with Crippen LogP contribution >= 0.6 is 0 Å². The van der Waals surface area contributed by atoms with Crippen LogP contribution in [0.25, 0.3) is 10.9 Å². The molecule has 39 heavy (non-hydrogen) atoms. The average Bonchev–Trinajstić information content (AvgIpc) is 2.76. The number of halogens is 7. The summed E-state index contributed by atoms with van der Waals surface area (Å²) in [7, 11) is -2.63. The molecule has 1 amide bonds. The fourth-order valence-corrected chi connectivity index (χ4v) is 4.29. The van der Waals surface area contributed by atoms with Crippen molar-refractivity contribution in [3.8, 4) is 5.75 Å². The van der Waals surface area contributed by atoms with E-state index in [1.165, 1.54) is 12.4 Å². The van der Waals surface area contributed by atoms with Crippen molar-refractivity contribution in [1.82, 2.24) is 15.3 Å². The van der Waals surface area contributed by atoms with E-state index in [2.05, 4.69) is 20.0 Å². The van der Waals surface area contributed by atoms with Crippen LogP contribution in [0.15, 0.2) is 36.7 Å². The van der Waals surface area contributed by atoms with E-state index < -0.39 is 46.3 Å². The molecule has 0 aliphatic carbocycles. The van der Waals surface area contributed by atoms with Gasteiger partial charge >= 0.3 is 12.4 Å². The van der Waals surface area contributed by atoms with Crippen LogP contribution in [0.5, 0.6) is 5.75 Å². The standard InChI is InChI=1S/C23H24F7N5O3S/c1-11-7-14(35-39(3,4)37)9-16-18(11)19(32-10-31-16)33-15-6-5-13(24)8-17(15)38-12(2)20(36)34-21(22(25,26)27)23(28,29)30/h5-10,12,21,39H,1-4H3,(H,34,36)(H,35,37)(H,31,32,33)/t12-/m1/s1. The van der Waals surface area contributed by atoms with Gasteiger partial charge < -0.3 is 20.1 Å². The van der Waals surface area contributed by atoms with Crippen molar-refractivity contribution in [3.05, 3.63) is 48.0 Å². The second-order valence-electron chi connectivity index (χ2n) is 8.92. The summed E-state index contributed by atoms with van der Waals surface area (Å²) in [5, 5.41) is 4.26. The maximum absolute atomic E-state index is 14.0. The Hall–Kier alpha value is -3.69. The molecule has 16 heteroatoms. The molecule has 3 aromatic rings. The van der Waals surface area contributed by atoms with Crippen molar-refractivity contribution in [1.29, 1.82) is 0 Å². The molecule has 0 aliphatic heterocycles. The summed E-state index contributed by atoms with van der Waals surface area (Å²) in [5.74, 6) is -2.76. The minimum Gasteiger partial charge on any atom is -0.479 e. The van der Waals surface area contributed by atoms with Gasteiger partial charge in [0.05, 0.1) is 11.2 Å². The van der Waals surface area contributed by atoms with Crippen molar-refractivity contribution in [3.63, 3.8) is 0 Å². The summed E-state index contributed by atoms with van der Waals surface area (Å²) in [5.41, 5.74) is 1.63. The lowest BCUT2D eigenvalue weighted by atomic mass is 10.1. The number of anilines is 3. The number of nitrogens with one attached hydrogen (secondary N) is 3. The fraction of sp³-hybridized carbons (Fsp3) is 0.348. The van der Waals surface area contributed by atoms with Gasteiger partial charge in [0.1, 0.15) is 23.7 Å². The molecule has 214 valence electrons. The van der Waals surface area contributed by atoms with Crippen LogP contribution in [0.1, 0.15) is 12.5 Å². The lowest BCUT2D eigenvalue weighted by Gasteiger charge is -2.25. The summed E-state index contributed by atoms with van der Waals surface area (Å²) in [6.07, 6.45) is -9.18. The molecule has 1 heterocycles. The molecule has 0 unspecified atom stereocenters. The largest absolute Gasteiger partial charge is 0.479 e. The topological polar surface area (TPSA) is 105 Å². The van der Waals surface area contributed by atoms with E-state index in [0.717, 1.165) is 24.4 Å². The number of aryl methyl sites for hydroxylation is 1. The maximum Gasteiger partial charge on any atom is 0.417 e. The Morgan fingerprint density at radius 2 is 1.67 bits per heavy atom. The predicted octanol–water partition coefficient (Wildman–Crippen LogP) is 4.80. The number of carbonyl (C=O) groups is 1. The summed E-state index contributed by atoms with van der Waals surface area (Å²) in [6.45, 7) is 2.64. The summed E-state index contributed by atoms with van der Waals surface area (Å²) >= 11 is 0. The lowest BCUT2D eigenvalue weighted by Crippen LogP contribution is -2.56. The number of rotatable bonds is 8. The van der Waals surface area contributed by atoms with Gasteiger partial charge in [0.25, 0.3) is 5.91 Å². The second kappa shape index (κ2) is 10.8.